The predicted octanol–water partition coefficient (Wildman–Crippen LogP) is 3.11. The van der Waals surface area contributed by atoms with Crippen LogP contribution in [0.3, 0.4) is 0 Å². The Hall–Kier alpha value is -3.36. The zero-order chi connectivity index (χ0) is 17.9. The molecule has 9 heteroatoms. The van der Waals surface area contributed by atoms with Gasteiger partial charge in [0, 0.05) is 13.0 Å². The second-order valence-corrected chi connectivity index (χ2v) is 5.63. The van der Waals surface area contributed by atoms with E-state index in [9.17, 15) is 8.78 Å². The van der Waals surface area contributed by atoms with Crippen LogP contribution in [0.4, 0.5) is 14.6 Å². The van der Waals surface area contributed by atoms with Crippen LogP contribution in [0.15, 0.2) is 48.7 Å². The Morgan fingerprint density at radius 3 is 2.73 bits per heavy atom. The fourth-order valence-electron chi connectivity index (χ4n) is 2.60. The van der Waals surface area contributed by atoms with Gasteiger partial charge in [-0.1, -0.05) is 30.3 Å². The topological polar surface area (TPSA) is 83.8 Å². The van der Waals surface area contributed by atoms with E-state index in [4.69, 9.17) is 0 Å². The number of anilines is 1. The van der Waals surface area contributed by atoms with Gasteiger partial charge in [-0.3, -0.25) is 0 Å². The van der Waals surface area contributed by atoms with E-state index in [0.717, 1.165) is 21.6 Å². The van der Waals surface area contributed by atoms with Gasteiger partial charge in [0.05, 0.1) is 11.9 Å². The molecular formula is C17H15F2N7. The number of rotatable bonds is 6. The van der Waals surface area contributed by atoms with Crippen molar-refractivity contribution in [1.82, 2.24) is 29.8 Å². The normalized spacial score (nSPS) is 11.3. The summed E-state index contributed by atoms with van der Waals surface area (Å²) in [6.07, 6.45) is -0.301. The second kappa shape index (κ2) is 6.87. The highest BCUT2D eigenvalue weighted by atomic mass is 19.3. The molecule has 0 bridgehead atoms. The smallest absolute Gasteiger partial charge is 0.299 e. The summed E-state index contributed by atoms with van der Waals surface area (Å²) in [6.45, 7) is 0.548. The molecule has 0 saturated carbocycles. The second-order valence-electron chi connectivity index (χ2n) is 5.63. The lowest BCUT2D eigenvalue weighted by Gasteiger charge is -2.05. The average molecular weight is 355 g/mol. The van der Waals surface area contributed by atoms with E-state index in [1.54, 1.807) is 18.3 Å². The van der Waals surface area contributed by atoms with Crippen LogP contribution >= 0.6 is 0 Å². The molecule has 0 aliphatic carbocycles. The third kappa shape index (κ3) is 3.23. The highest BCUT2D eigenvalue weighted by Gasteiger charge is 2.16. The Morgan fingerprint density at radius 2 is 1.92 bits per heavy atom. The average Bonchev–Trinajstić information content (AvgIpc) is 3.29. The summed E-state index contributed by atoms with van der Waals surface area (Å²) in [5.41, 5.74) is 2.30. The number of aromatic amines is 1. The van der Waals surface area contributed by atoms with Crippen LogP contribution in [0, 0.1) is 0 Å². The van der Waals surface area contributed by atoms with Crippen LogP contribution < -0.4 is 5.32 Å². The first-order valence-corrected chi connectivity index (χ1v) is 8.04. The van der Waals surface area contributed by atoms with Gasteiger partial charge in [0.25, 0.3) is 6.43 Å². The molecule has 0 fully saturated rings. The lowest BCUT2D eigenvalue weighted by atomic mass is 10.2. The van der Waals surface area contributed by atoms with E-state index in [1.165, 1.54) is 0 Å². The quantitative estimate of drug-likeness (QED) is 0.555. The van der Waals surface area contributed by atoms with Gasteiger partial charge in [0.2, 0.25) is 5.82 Å². The molecule has 4 rings (SSSR count). The predicted molar refractivity (Wildman–Crippen MR) is 92.0 cm³/mol. The number of imidazole rings is 1. The number of hydrogen-bond acceptors (Lipinski definition) is 5. The lowest BCUT2D eigenvalue weighted by Crippen LogP contribution is -2.09. The molecule has 3 aromatic heterocycles. The Kier molecular flexibility index (Phi) is 4.26. The van der Waals surface area contributed by atoms with Crippen molar-refractivity contribution in [2.24, 2.45) is 0 Å². The van der Waals surface area contributed by atoms with Crippen molar-refractivity contribution in [2.75, 3.05) is 11.9 Å². The lowest BCUT2D eigenvalue weighted by molar-refractivity contribution is 0.137. The molecule has 3 heterocycles. The van der Waals surface area contributed by atoms with Gasteiger partial charge in [-0.2, -0.15) is 4.52 Å². The van der Waals surface area contributed by atoms with Crippen LogP contribution in [-0.4, -0.2) is 36.3 Å². The molecule has 0 aliphatic rings. The minimum absolute atomic E-state index is 0.282. The minimum Gasteiger partial charge on any atom is -0.368 e. The third-order valence-electron chi connectivity index (χ3n) is 3.86. The maximum Gasteiger partial charge on any atom is 0.299 e. The zero-order valence-electron chi connectivity index (χ0n) is 13.6. The summed E-state index contributed by atoms with van der Waals surface area (Å²) in [5.74, 6) is 0.825. The number of halogens is 2. The van der Waals surface area contributed by atoms with Gasteiger partial charge >= 0.3 is 0 Å². The highest BCUT2D eigenvalue weighted by Crippen LogP contribution is 2.18. The molecule has 0 radical (unpaired) electrons. The van der Waals surface area contributed by atoms with Crippen LogP contribution in [0.5, 0.6) is 0 Å². The first-order chi connectivity index (χ1) is 12.7. The molecule has 0 atom stereocenters. The number of benzene rings is 1. The summed E-state index contributed by atoms with van der Waals surface area (Å²) < 4.78 is 26.8. The molecule has 4 aromatic rings. The molecule has 1 aromatic carbocycles. The van der Waals surface area contributed by atoms with Crippen molar-refractivity contribution < 1.29 is 8.78 Å². The molecule has 132 valence electrons. The van der Waals surface area contributed by atoms with Gasteiger partial charge < -0.3 is 10.3 Å². The molecule has 7 nitrogen and oxygen atoms in total. The Bertz CT molecular complexity index is 1010. The van der Waals surface area contributed by atoms with Crippen molar-refractivity contribution in [2.45, 2.75) is 12.8 Å². The molecule has 0 aliphatic heterocycles. The molecule has 26 heavy (non-hydrogen) atoms. The van der Waals surface area contributed by atoms with Crippen molar-refractivity contribution in [1.29, 1.82) is 0 Å². The van der Waals surface area contributed by atoms with Crippen LogP contribution in [0.25, 0.3) is 16.9 Å². The number of fused-ring (bicyclic) bond motifs is 1. The Morgan fingerprint density at radius 1 is 1.08 bits per heavy atom. The van der Waals surface area contributed by atoms with Crippen molar-refractivity contribution in [3.63, 3.8) is 0 Å². The van der Waals surface area contributed by atoms with Crippen LogP contribution in [0.1, 0.15) is 18.1 Å². The van der Waals surface area contributed by atoms with E-state index >= 15 is 0 Å². The SMILES string of the molecule is FC(F)c1nnc2ccc(NCCc3ncc(-c4ccccc4)[nH]3)nn12. The monoisotopic (exact) mass is 355 g/mol. The third-order valence-corrected chi connectivity index (χ3v) is 3.86. The molecular weight excluding hydrogens is 340 g/mol. The number of nitrogens with one attached hydrogen (secondary N) is 2. The molecule has 0 spiro atoms. The van der Waals surface area contributed by atoms with Gasteiger partial charge in [0.1, 0.15) is 11.6 Å². The number of alkyl halides is 2. The van der Waals surface area contributed by atoms with Gasteiger partial charge in [-0.15, -0.1) is 15.3 Å². The molecule has 0 amide bonds. The van der Waals surface area contributed by atoms with E-state index in [-0.39, 0.29) is 5.65 Å². The van der Waals surface area contributed by atoms with Gasteiger partial charge in [0.15, 0.2) is 5.65 Å². The molecule has 0 saturated heterocycles. The van der Waals surface area contributed by atoms with Crippen LogP contribution in [-0.2, 0) is 6.42 Å². The summed E-state index contributed by atoms with van der Waals surface area (Å²) in [6, 6.07) is 13.2. The summed E-state index contributed by atoms with van der Waals surface area (Å²) >= 11 is 0. The van der Waals surface area contributed by atoms with Gasteiger partial charge in [-0.25, -0.2) is 13.8 Å². The maximum absolute atomic E-state index is 12.9. The van der Waals surface area contributed by atoms with Crippen molar-refractivity contribution >= 4 is 11.5 Å². The van der Waals surface area contributed by atoms with Crippen molar-refractivity contribution in [3.8, 4) is 11.3 Å². The molecule has 2 N–H and O–H groups in total. The van der Waals surface area contributed by atoms with Crippen LogP contribution in [0.2, 0.25) is 0 Å². The number of H-pyrrole nitrogens is 1. The highest BCUT2D eigenvalue weighted by molar-refractivity contribution is 5.58. The first kappa shape index (κ1) is 16.1. The Labute approximate surface area is 147 Å². The summed E-state index contributed by atoms with van der Waals surface area (Å²) in [7, 11) is 0. The first-order valence-electron chi connectivity index (χ1n) is 8.04. The minimum atomic E-state index is -2.73. The fraction of sp³-hybridized carbons (Fsp3) is 0.176. The Balaban J connectivity index is 1.41. The van der Waals surface area contributed by atoms with E-state index in [2.05, 4.69) is 30.6 Å². The standard InChI is InChI=1S/C17H15F2N7/c18-16(19)17-24-23-15-7-6-14(25-26(15)17)20-9-8-13-21-10-12(22-13)11-4-2-1-3-5-11/h1-7,10,16H,8-9H2,(H,20,25)(H,21,22). The fourth-order valence-corrected chi connectivity index (χ4v) is 2.60. The zero-order valence-corrected chi connectivity index (χ0v) is 13.6. The maximum atomic E-state index is 12.9. The number of nitrogens with zero attached hydrogens (tertiary/aromatic N) is 5. The van der Waals surface area contributed by atoms with E-state index in [0.29, 0.717) is 18.8 Å². The largest absolute Gasteiger partial charge is 0.368 e. The molecule has 0 unspecified atom stereocenters. The van der Waals surface area contributed by atoms with Crippen molar-refractivity contribution in [3.05, 3.63) is 60.3 Å². The number of hydrogen-bond donors (Lipinski definition) is 2. The summed E-state index contributed by atoms with van der Waals surface area (Å²) in [4.78, 5) is 7.63. The van der Waals surface area contributed by atoms with Gasteiger partial charge in [-0.05, 0) is 17.7 Å². The number of aromatic nitrogens is 6. The summed E-state index contributed by atoms with van der Waals surface area (Å²) in [5, 5.41) is 14.3. The van der Waals surface area contributed by atoms with E-state index in [1.807, 2.05) is 30.3 Å². The van der Waals surface area contributed by atoms with E-state index < -0.39 is 12.2 Å².